The van der Waals surface area contributed by atoms with Crippen LogP contribution in [-0.2, 0) is 20.1 Å². The molecule has 0 bridgehead atoms. The van der Waals surface area contributed by atoms with E-state index >= 15 is 0 Å². The minimum atomic E-state index is 0. The van der Waals surface area contributed by atoms with Gasteiger partial charge in [0.05, 0.1) is 28.0 Å². The summed E-state index contributed by atoms with van der Waals surface area (Å²) < 4.78 is 8.78. The van der Waals surface area contributed by atoms with Crippen molar-refractivity contribution in [3.05, 3.63) is 175 Å². The van der Waals surface area contributed by atoms with Crippen LogP contribution in [0.15, 0.2) is 150 Å². The van der Waals surface area contributed by atoms with Crippen LogP contribution in [0.5, 0.6) is 0 Å². The topological polar surface area (TPSA) is 67.6 Å². The van der Waals surface area contributed by atoms with Gasteiger partial charge in [-0.3, -0.25) is 4.98 Å². The second kappa shape index (κ2) is 16.1. The molecule has 0 fully saturated rings. The Kier molecular flexibility index (Phi) is 10.9. The number of hydrogen-bond acceptors (Lipinski definition) is 4. The molecule has 6 aromatic carbocycles. The van der Waals surface area contributed by atoms with Crippen LogP contribution in [0.1, 0.15) is 56.2 Å². The van der Waals surface area contributed by atoms with Gasteiger partial charge < -0.3 is 14.0 Å². The molecule has 6 heteroatoms. The first-order valence-electron chi connectivity index (χ1n) is 18.3. The summed E-state index contributed by atoms with van der Waals surface area (Å²) in [6, 6.07) is 55.8. The summed E-state index contributed by atoms with van der Waals surface area (Å²) in [5.74, 6) is 1.30. The van der Waals surface area contributed by atoms with Gasteiger partial charge in [0.1, 0.15) is 11.7 Å². The largest absolute Gasteiger partial charge is 0.499 e. The van der Waals surface area contributed by atoms with E-state index in [0.717, 1.165) is 50.1 Å². The Morgan fingerprint density at radius 1 is 0.673 bits per heavy atom. The summed E-state index contributed by atoms with van der Waals surface area (Å²) in [6.45, 7) is 9.02. The van der Waals surface area contributed by atoms with E-state index in [-0.39, 0.29) is 31.9 Å². The Labute approximate surface area is 335 Å². The van der Waals surface area contributed by atoms with Gasteiger partial charge in [-0.15, -0.1) is 54.1 Å². The van der Waals surface area contributed by atoms with Crippen LogP contribution in [0, 0.1) is 23.5 Å². The van der Waals surface area contributed by atoms with Crippen LogP contribution in [0.3, 0.4) is 0 Å². The van der Waals surface area contributed by atoms with E-state index < -0.39 is 0 Å². The van der Waals surface area contributed by atoms with Crippen LogP contribution in [0.25, 0.3) is 72.4 Å². The number of para-hydroxylation sites is 3. The maximum atomic E-state index is 9.77. The Morgan fingerprint density at radius 3 is 2.07 bits per heavy atom. The van der Waals surface area contributed by atoms with Crippen LogP contribution >= 0.6 is 0 Å². The van der Waals surface area contributed by atoms with Crippen molar-refractivity contribution in [1.82, 2.24) is 14.5 Å². The van der Waals surface area contributed by atoms with Crippen molar-refractivity contribution >= 4 is 33.0 Å². The van der Waals surface area contributed by atoms with Crippen molar-refractivity contribution in [2.45, 2.75) is 39.5 Å². The van der Waals surface area contributed by atoms with Gasteiger partial charge in [-0.25, -0.2) is 0 Å². The number of hydrogen-bond donors (Lipinski definition) is 0. The number of nitrogens with zero attached hydrogens (tertiary/aromatic N) is 4. The number of nitriles is 1. The minimum absolute atomic E-state index is 0. The number of aromatic nitrogens is 3. The fraction of sp³-hybridized carbons (Fsp3) is 0.122. The summed E-state index contributed by atoms with van der Waals surface area (Å²) in [5, 5.41) is 11.6. The molecule has 3 heterocycles. The van der Waals surface area contributed by atoms with E-state index in [1.54, 1.807) is 12.3 Å². The molecular formula is C49H38IrN4O-2. The van der Waals surface area contributed by atoms with Crippen molar-refractivity contribution in [3.63, 3.8) is 0 Å². The van der Waals surface area contributed by atoms with Crippen molar-refractivity contribution in [2.24, 2.45) is 0 Å². The van der Waals surface area contributed by atoms with Crippen LogP contribution in [0.2, 0.25) is 0 Å². The molecule has 9 rings (SSSR count). The summed E-state index contributed by atoms with van der Waals surface area (Å²) in [6.07, 6.45) is 1.79. The quantitative estimate of drug-likeness (QED) is 0.156. The van der Waals surface area contributed by atoms with Crippen LogP contribution in [0.4, 0.5) is 0 Å². The van der Waals surface area contributed by atoms with Crippen molar-refractivity contribution in [2.75, 3.05) is 0 Å². The van der Waals surface area contributed by atoms with E-state index in [4.69, 9.17) is 9.40 Å². The minimum Gasteiger partial charge on any atom is -0.499 e. The van der Waals surface area contributed by atoms with Gasteiger partial charge in [-0.2, -0.15) is 5.26 Å². The predicted molar refractivity (Wildman–Crippen MR) is 219 cm³/mol. The van der Waals surface area contributed by atoms with Gasteiger partial charge in [0.15, 0.2) is 0 Å². The van der Waals surface area contributed by atoms with Gasteiger partial charge in [0.25, 0.3) is 0 Å². The number of furan rings is 1. The van der Waals surface area contributed by atoms with Gasteiger partial charge in [0.2, 0.25) is 0 Å². The zero-order valence-corrected chi connectivity index (χ0v) is 33.4. The first-order chi connectivity index (χ1) is 26.4. The molecule has 0 N–H and O–H groups in total. The molecule has 0 atom stereocenters. The molecule has 1 radical (unpaired) electrons. The molecule has 9 aromatic rings. The van der Waals surface area contributed by atoms with Crippen molar-refractivity contribution in [1.29, 1.82) is 5.26 Å². The van der Waals surface area contributed by atoms with E-state index in [1.807, 2.05) is 72.8 Å². The maximum absolute atomic E-state index is 9.77. The van der Waals surface area contributed by atoms with Crippen LogP contribution < -0.4 is 0 Å². The molecule has 5 nitrogen and oxygen atoms in total. The Morgan fingerprint density at radius 2 is 1.38 bits per heavy atom. The average molecular weight is 891 g/mol. The number of imidazole rings is 1. The fourth-order valence-corrected chi connectivity index (χ4v) is 7.13. The number of rotatable bonds is 6. The molecule has 0 aliphatic carbocycles. The molecule has 0 unspecified atom stereocenters. The molecule has 0 aliphatic rings. The molecule has 0 aliphatic heterocycles. The third-order valence-electron chi connectivity index (χ3n) is 9.76. The van der Waals surface area contributed by atoms with Crippen LogP contribution in [-0.4, -0.2) is 14.5 Å². The number of pyridine rings is 1. The molecule has 0 amide bonds. The third-order valence-corrected chi connectivity index (χ3v) is 9.76. The number of fused-ring (bicyclic) bond motifs is 4. The summed E-state index contributed by atoms with van der Waals surface area (Å²) in [5.41, 5.74) is 12.6. The second-order valence-electron chi connectivity index (χ2n) is 13.9. The zero-order valence-electron chi connectivity index (χ0n) is 31.0. The van der Waals surface area contributed by atoms with Gasteiger partial charge >= 0.3 is 0 Å². The van der Waals surface area contributed by atoms with E-state index in [0.29, 0.717) is 16.7 Å². The standard InChI is InChI=1S/C38H30N3O.C11H8N.Ir/c1-23(2)31-20-27(25-12-6-5-7-13-25)21-32(24(3)4)35(31)41-34-19-9-8-18-33(34)40-38(41)30-17-11-16-29-28-15-10-14-26(22-39)36(28)42-37(29)30;1-2-6-10(7-3-1)11-8-4-5-9-12-11;/h5-16,18-21,23-24H,1-4H3;1-6,8-9H;/q2*-1;. The number of benzene rings is 6. The van der Waals surface area contributed by atoms with Gasteiger partial charge in [0, 0.05) is 37.4 Å². The zero-order chi connectivity index (χ0) is 37.2. The molecule has 0 saturated carbocycles. The smallest absolute Gasteiger partial charge is 0.138 e. The molecule has 3 aromatic heterocycles. The van der Waals surface area contributed by atoms with Gasteiger partial charge in [-0.1, -0.05) is 105 Å². The molecule has 271 valence electrons. The van der Waals surface area contributed by atoms with E-state index in [2.05, 4.69) is 116 Å². The van der Waals surface area contributed by atoms with E-state index in [9.17, 15) is 5.26 Å². The average Bonchev–Trinajstić information content (AvgIpc) is 3.80. The summed E-state index contributed by atoms with van der Waals surface area (Å²) in [7, 11) is 0. The van der Waals surface area contributed by atoms with E-state index in [1.165, 1.54) is 22.3 Å². The SMILES string of the molecule is CC(C)c1cc(-c2ccccc2)cc(C(C)C)c1-n1c(-c2[c-]ccc3c2oc2c(C#N)cccc23)nc2ccccc21.[Ir].[c-]1ccccc1-c1ccccn1. The monoisotopic (exact) mass is 891 g/mol. The Hall–Kier alpha value is -6.12. The molecule has 0 saturated heterocycles. The Balaban J connectivity index is 0.000000305. The van der Waals surface area contributed by atoms with Crippen molar-refractivity contribution in [3.8, 4) is 45.5 Å². The fourth-order valence-electron chi connectivity index (χ4n) is 7.13. The first-order valence-corrected chi connectivity index (χ1v) is 18.3. The summed E-state index contributed by atoms with van der Waals surface area (Å²) >= 11 is 0. The predicted octanol–water partition coefficient (Wildman–Crippen LogP) is 12.7. The maximum Gasteiger partial charge on any atom is 0.138 e. The third kappa shape index (κ3) is 7.13. The first kappa shape index (κ1) is 37.2. The molecule has 0 spiro atoms. The second-order valence-corrected chi connectivity index (χ2v) is 13.9. The van der Waals surface area contributed by atoms with Gasteiger partial charge in [-0.05, 0) is 76.2 Å². The molecular weight excluding hydrogens is 853 g/mol. The molecule has 55 heavy (non-hydrogen) atoms. The summed E-state index contributed by atoms with van der Waals surface area (Å²) in [4.78, 5) is 9.43. The Bertz CT molecular complexity index is 2710. The van der Waals surface area contributed by atoms with Crippen molar-refractivity contribution < 1.29 is 24.5 Å². The normalized spacial score (nSPS) is 11.1.